The maximum absolute atomic E-state index is 11.2. The largest absolute Gasteiger partial charge is 0.481 e. The van der Waals surface area contributed by atoms with Crippen molar-refractivity contribution in [1.29, 1.82) is 0 Å². The fourth-order valence-electron chi connectivity index (χ4n) is 1.84. The topological polar surface area (TPSA) is 55.8 Å². The Hall–Kier alpha value is -0.610. The Bertz CT molecular complexity index is 197. The summed E-state index contributed by atoms with van der Waals surface area (Å²) in [6, 6.07) is 0. The highest BCUT2D eigenvalue weighted by atomic mass is 16.5. The van der Waals surface area contributed by atoms with Gasteiger partial charge in [-0.15, -0.1) is 0 Å². The quantitative estimate of drug-likeness (QED) is 0.686. The summed E-state index contributed by atoms with van der Waals surface area (Å²) in [6.07, 6.45) is 3.07. The molecular weight excluding hydrogens is 196 g/mol. The van der Waals surface area contributed by atoms with Crippen molar-refractivity contribution in [3.63, 3.8) is 0 Å². The lowest BCUT2D eigenvalue weighted by molar-refractivity contribution is -0.159. The van der Waals surface area contributed by atoms with Gasteiger partial charge in [-0.05, 0) is 25.7 Å². The van der Waals surface area contributed by atoms with E-state index >= 15 is 0 Å². The fraction of sp³-hybridized carbons (Fsp3) is 0.909. The minimum atomic E-state index is -0.748. The van der Waals surface area contributed by atoms with E-state index < -0.39 is 11.4 Å². The monoisotopic (exact) mass is 216 g/mol. The molecule has 1 N–H and O–H groups in total. The summed E-state index contributed by atoms with van der Waals surface area (Å²) in [5.41, 5.74) is -0.702. The third kappa shape index (κ3) is 3.47. The normalized spacial score (nSPS) is 26.5. The van der Waals surface area contributed by atoms with E-state index in [0.717, 1.165) is 12.8 Å². The molecule has 1 unspecified atom stereocenters. The van der Waals surface area contributed by atoms with Crippen LogP contribution < -0.4 is 0 Å². The zero-order valence-electron chi connectivity index (χ0n) is 9.33. The maximum atomic E-state index is 11.2. The molecule has 0 saturated carbocycles. The predicted molar refractivity (Wildman–Crippen MR) is 55.8 cm³/mol. The first-order valence-electron chi connectivity index (χ1n) is 5.60. The number of aliphatic carboxylic acids is 1. The van der Waals surface area contributed by atoms with Crippen molar-refractivity contribution in [3.8, 4) is 0 Å². The first-order valence-corrected chi connectivity index (χ1v) is 5.60. The van der Waals surface area contributed by atoms with Gasteiger partial charge in [-0.2, -0.15) is 0 Å². The van der Waals surface area contributed by atoms with Crippen molar-refractivity contribution in [2.24, 2.45) is 5.41 Å². The van der Waals surface area contributed by atoms with Gasteiger partial charge in [0.05, 0.1) is 12.0 Å². The zero-order valence-corrected chi connectivity index (χ0v) is 9.33. The summed E-state index contributed by atoms with van der Waals surface area (Å²) in [6.45, 7) is 4.28. The van der Waals surface area contributed by atoms with Gasteiger partial charge in [0.15, 0.2) is 0 Å². The summed E-state index contributed by atoms with van der Waals surface area (Å²) in [7, 11) is 0. The van der Waals surface area contributed by atoms with Crippen LogP contribution in [0.1, 0.15) is 32.6 Å². The van der Waals surface area contributed by atoms with Crippen molar-refractivity contribution in [2.45, 2.75) is 32.6 Å². The van der Waals surface area contributed by atoms with Crippen LogP contribution in [0.15, 0.2) is 0 Å². The molecule has 0 amide bonds. The van der Waals surface area contributed by atoms with Crippen LogP contribution in [-0.4, -0.2) is 37.5 Å². The Morgan fingerprint density at radius 3 is 2.87 bits per heavy atom. The summed E-state index contributed by atoms with van der Waals surface area (Å²) in [5, 5.41) is 9.21. The first-order chi connectivity index (χ1) is 7.21. The molecule has 0 spiro atoms. The average molecular weight is 216 g/mol. The second-order valence-electron chi connectivity index (χ2n) is 4.10. The third-order valence-corrected chi connectivity index (χ3v) is 2.85. The lowest BCUT2D eigenvalue weighted by atomic mass is 9.80. The number of carboxylic acids is 1. The van der Waals surface area contributed by atoms with Gasteiger partial charge in [-0.25, -0.2) is 0 Å². The van der Waals surface area contributed by atoms with E-state index in [1.54, 1.807) is 0 Å². The molecule has 1 aliphatic heterocycles. The van der Waals surface area contributed by atoms with Gasteiger partial charge in [0.25, 0.3) is 0 Å². The van der Waals surface area contributed by atoms with E-state index in [0.29, 0.717) is 39.3 Å². The van der Waals surface area contributed by atoms with Crippen LogP contribution in [0.3, 0.4) is 0 Å². The standard InChI is InChI=1S/C11H20O4/c1-2-6-14-8-5-11(10(12)13)4-3-7-15-9-11/h2-9H2,1H3,(H,12,13). The van der Waals surface area contributed by atoms with Crippen molar-refractivity contribution in [2.75, 3.05) is 26.4 Å². The molecule has 4 heteroatoms. The third-order valence-electron chi connectivity index (χ3n) is 2.85. The summed E-state index contributed by atoms with van der Waals surface area (Å²) in [4.78, 5) is 11.2. The molecule has 4 nitrogen and oxygen atoms in total. The predicted octanol–water partition coefficient (Wildman–Crippen LogP) is 1.68. The van der Waals surface area contributed by atoms with Crippen LogP contribution in [-0.2, 0) is 14.3 Å². The Kier molecular flexibility index (Phi) is 5.05. The Morgan fingerprint density at radius 2 is 2.33 bits per heavy atom. The molecule has 0 aromatic heterocycles. The molecule has 1 heterocycles. The van der Waals surface area contributed by atoms with E-state index in [9.17, 15) is 9.90 Å². The van der Waals surface area contributed by atoms with Crippen molar-refractivity contribution >= 4 is 5.97 Å². The number of hydrogen-bond acceptors (Lipinski definition) is 3. The summed E-state index contributed by atoms with van der Waals surface area (Å²) in [5.74, 6) is -0.748. The molecule has 15 heavy (non-hydrogen) atoms. The van der Waals surface area contributed by atoms with E-state index in [1.165, 1.54) is 0 Å². The zero-order chi connectivity index (χ0) is 11.1. The van der Waals surface area contributed by atoms with Gasteiger partial charge >= 0.3 is 5.97 Å². The molecule has 1 saturated heterocycles. The number of hydrogen-bond donors (Lipinski definition) is 1. The van der Waals surface area contributed by atoms with Gasteiger partial charge in [0, 0.05) is 19.8 Å². The Labute approximate surface area is 90.6 Å². The number of carbonyl (C=O) groups is 1. The molecule has 1 fully saturated rings. The van der Waals surface area contributed by atoms with Crippen molar-refractivity contribution in [3.05, 3.63) is 0 Å². The molecule has 0 aromatic carbocycles. The van der Waals surface area contributed by atoms with Gasteiger partial charge in [-0.1, -0.05) is 6.92 Å². The van der Waals surface area contributed by atoms with Crippen LogP contribution in [0.5, 0.6) is 0 Å². The average Bonchev–Trinajstić information content (AvgIpc) is 2.26. The van der Waals surface area contributed by atoms with Gasteiger partial charge in [0.2, 0.25) is 0 Å². The number of ether oxygens (including phenoxy) is 2. The molecular formula is C11H20O4. The minimum Gasteiger partial charge on any atom is -0.481 e. The number of carboxylic acid groups (broad SMARTS) is 1. The van der Waals surface area contributed by atoms with Crippen molar-refractivity contribution in [1.82, 2.24) is 0 Å². The van der Waals surface area contributed by atoms with Gasteiger partial charge in [0.1, 0.15) is 0 Å². The Balaban J connectivity index is 2.39. The lowest BCUT2D eigenvalue weighted by Gasteiger charge is -2.32. The van der Waals surface area contributed by atoms with E-state index in [2.05, 4.69) is 0 Å². The summed E-state index contributed by atoms with van der Waals surface area (Å²) >= 11 is 0. The SMILES string of the molecule is CCCOCCC1(C(=O)O)CCCOC1. The lowest BCUT2D eigenvalue weighted by Crippen LogP contribution is -2.40. The molecule has 1 atom stereocenters. The van der Waals surface area contributed by atoms with Crippen molar-refractivity contribution < 1.29 is 19.4 Å². The van der Waals surface area contributed by atoms with Crippen LogP contribution in [0.25, 0.3) is 0 Å². The highest BCUT2D eigenvalue weighted by Crippen LogP contribution is 2.32. The van der Waals surface area contributed by atoms with Crippen LogP contribution in [0, 0.1) is 5.41 Å². The smallest absolute Gasteiger partial charge is 0.312 e. The second kappa shape index (κ2) is 6.08. The molecule has 88 valence electrons. The number of rotatable bonds is 6. The first kappa shape index (κ1) is 12.5. The highest BCUT2D eigenvalue weighted by Gasteiger charge is 2.40. The molecule has 0 bridgehead atoms. The molecule has 0 aliphatic carbocycles. The highest BCUT2D eigenvalue weighted by molar-refractivity contribution is 5.74. The van der Waals surface area contributed by atoms with Gasteiger partial charge < -0.3 is 14.6 Å². The van der Waals surface area contributed by atoms with E-state index in [-0.39, 0.29) is 0 Å². The second-order valence-corrected chi connectivity index (χ2v) is 4.10. The molecule has 0 radical (unpaired) electrons. The van der Waals surface area contributed by atoms with E-state index in [4.69, 9.17) is 9.47 Å². The maximum Gasteiger partial charge on any atom is 0.312 e. The van der Waals surface area contributed by atoms with Gasteiger partial charge in [-0.3, -0.25) is 4.79 Å². The molecule has 1 aliphatic rings. The molecule has 1 rings (SSSR count). The minimum absolute atomic E-state index is 0.331. The van der Waals surface area contributed by atoms with Crippen LogP contribution in [0.4, 0.5) is 0 Å². The van der Waals surface area contributed by atoms with Crippen LogP contribution in [0.2, 0.25) is 0 Å². The summed E-state index contributed by atoms with van der Waals surface area (Å²) < 4.78 is 10.6. The molecule has 0 aromatic rings. The Morgan fingerprint density at radius 1 is 1.53 bits per heavy atom. The van der Waals surface area contributed by atoms with E-state index in [1.807, 2.05) is 6.92 Å². The van der Waals surface area contributed by atoms with Crippen LogP contribution >= 0.6 is 0 Å². The fourth-order valence-corrected chi connectivity index (χ4v) is 1.84.